The second-order valence-electron chi connectivity index (χ2n) is 8.12. The van der Waals surface area contributed by atoms with Crippen LogP contribution in [-0.2, 0) is 14.3 Å². The van der Waals surface area contributed by atoms with E-state index in [4.69, 9.17) is 9.47 Å². The monoisotopic (exact) mass is 397 g/mol. The van der Waals surface area contributed by atoms with Crippen molar-refractivity contribution in [3.63, 3.8) is 0 Å². The van der Waals surface area contributed by atoms with Crippen LogP contribution in [0.4, 0.5) is 0 Å². The van der Waals surface area contributed by atoms with Gasteiger partial charge < -0.3 is 14.4 Å². The van der Waals surface area contributed by atoms with Gasteiger partial charge in [-0.2, -0.15) is 0 Å². The lowest BCUT2D eigenvalue weighted by Crippen LogP contribution is -2.36. The van der Waals surface area contributed by atoms with Gasteiger partial charge in [0.25, 0.3) is 0 Å². The van der Waals surface area contributed by atoms with Crippen molar-refractivity contribution in [1.82, 2.24) is 4.90 Å². The average Bonchev–Trinajstić information content (AvgIpc) is 2.69. The van der Waals surface area contributed by atoms with Crippen LogP contribution in [0.15, 0.2) is 12.2 Å². The molecule has 4 nitrogen and oxygen atoms in total. The third-order valence-electron chi connectivity index (χ3n) is 5.48. The summed E-state index contributed by atoms with van der Waals surface area (Å²) in [6.45, 7) is 19.2. The Morgan fingerprint density at radius 2 is 1.43 bits per heavy atom. The van der Waals surface area contributed by atoms with E-state index in [0.717, 1.165) is 18.4 Å². The zero-order valence-corrected chi connectivity index (χ0v) is 19.4. The third kappa shape index (κ3) is 14.2. The van der Waals surface area contributed by atoms with E-state index in [1.165, 1.54) is 64.5 Å². The Balaban J connectivity index is 4.44. The van der Waals surface area contributed by atoms with E-state index in [2.05, 4.69) is 39.2 Å². The van der Waals surface area contributed by atoms with Gasteiger partial charge in [-0.25, -0.2) is 4.79 Å². The van der Waals surface area contributed by atoms with Gasteiger partial charge in [0.15, 0.2) is 0 Å². The summed E-state index contributed by atoms with van der Waals surface area (Å²) < 4.78 is 10.8. The Morgan fingerprint density at radius 1 is 0.893 bits per heavy atom. The fourth-order valence-electron chi connectivity index (χ4n) is 3.43. The average molecular weight is 398 g/mol. The lowest BCUT2D eigenvalue weighted by molar-refractivity contribution is -0.140. The molecule has 4 heteroatoms. The van der Waals surface area contributed by atoms with E-state index in [-0.39, 0.29) is 5.97 Å². The zero-order valence-electron chi connectivity index (χ0n) is 19.4. The Labute approximate surface area is 175 Å². The number of hydrogen-bond acceptors (Lipinski definition) is 4. The topological polar surface area (TPSA) is 38.8 Å². The van der Waals surface area contributed by atoms with Crippen LogP contribution in [-0.4, -0.2) is 50.3 Å². The highest BCUT2D eigenvalue weighted by molar-refractivity contribution is 5.86. The Bertz CT molecular complexity index is 379. The lowest BCUT2D eigenvalue weighted by Gasteiger charge is -2.30. The molecule has 2 unspecified atom stereocenters. The molecule has 0 saturated heterocycles. The molecule has 0 aliphatic rings. The van der Waals surface area contributed by atoms with Crippen LogP contribution >= 0.6 is 0 Å². The van der Waals surface area contributed by atoms with Crippen molar-refractivity contribution in [2.45, 2.75) is 86.0 Å². The molecule has 0 fully saturated rings. The number of carbonyl (C=O) groups excluding carboxylic acids is 1. The highest BCUT2D eigenvalue weighted by Crippen LogP contribution is 2.18. The molecule has 0 heterocycles. The first-order chi connectivity index (χ1) is 13.5. The van der Waals surface area contributed by atoms with E-state index in [0.29, 0.717) is 25.4 Å². The fraction of sp³-hybridized carbons (Fsp3) is 0.875. The second kappa shape index (κ2) is 18.2. The standard InChI is InChI=1S/C24H47NO3/c1-7-11-13-22(9-3)19-25(20-23(10-4)14-12-8-2)15-16-27-17-18-28-24(26)21(5)6/h22-23H,5,7-20H2,1-4,6H3. The molecule has 0 rings (SSSR count). The van der Waals surface area contributed by atoms with Gasteiger partial charge in [-0.05, 0) is 31.6 Å². The number of nitrogens with zero attached hydrogens (tertiary/aromatic N) is 1. The van der Waals surface area contributed by atoms with Crippen molar-refractivity contribution in [3.05, 3.63) is 12.2 Å². The summed E-state index contributed by atoms with van der Waals surface area (Å²) in [6.07, 6.45) is 10.3. The van der Waals surface area contributed by atoms with Crippen LogP contribution < -0.4 is 0 Å². The van der Waals surface area contributed by atoms with Crippen LogP contribution in [0.2, 0.25) is 0 Å². The summed E-state index contributed by atoms with van der Waals surface area (Å²) in [5.41, 5.74) is 0.432. The van der Waals surface area contributed by atoms with Gasteiger partial charge in [0.1, 0.15) is 6.61 Å². The largest absolute Gasteiger partial charge is 0.460 e. The molecule has 0 aromatic rings. The maximum absolute atomic E-state index is 11.4. The first kappa shape index (κ1) is 27.1. The van der Waals surface area contributed by atoms with Crippen LogP contribution in [0, 0.1) is 11.8 Å². The first-order valence-corrected chi connectivity index (χ1v) is 11.6. The van der Waals surface area contributed by atoms with E-state index in [1.54, 1.807) is 6.92 Å². The molecular weight excluding hydrogens is 350 g/mol. The molecule has 0 bridgehead atoms. The van der Waals surface area contributed by atoms with Crippen LogP contribution in [0.5, 0.6) is 0 Å². The Hall–Kier alpha value is -0.870. The molecule has 0 amide bonds. The van der Waals surface area contributed by atoms with E-state index >= 15 is 0 Å². The number of rotatable bonds is 19. The molecular formula is C24H47NO3. The predicted molar refractivity (Wildman–Crippen MR) is 120 cm³/mol. The summed E-state index contributed by atoms with van der Waals surface area (Å²) in [4.78, 5) is 14.0. The van der Waals surface area contributed by atoms with Crippen molar-refractivity contribution in [2.24, 2.45) is 11.8 Å². The number of unbranched alkanes of at least 4 members (excludes halogenated alkanes) is 2. The lowest BCUT2D eigenvalue weighted by atomic mass is 9.96. The van der Waals surface area contributed by atoms with Crippen molar-refractivity contribution in [1.29, 1.82) is 0 Å². The minimum Gasteiger partial charge on any atom is -0.460 e. The minimum absolute atomic E-state index is 0.299. The van der Waals surface area contributed by atoms with E-state index in [9.17, 15) is 4.79 Å². The fourth-order valence-corrected chi connectivity index (χ4v) is 3.43. The number of ether oxygens (including phenoxy) is 2. The molecule has 0 aromatic heterocycles. The normalized spacial score (nSPS) is 13.5. The number of carbonyl (C=O) groups is 1. The molecule has 0 aromatic carbocycles. The van der Waals surface area contributed by atoms with E-state index in [1.807, 2.05) is 0 Å². The Morgan fingerprint density at radius 3 is 1.86 bits per heavy atom. The number of hydrogen-bond donors (Lipinski definition) is 0. The summed E-state index contributed by atoms with van der Waals surface area (Å²) in [5.74, 6) is 1.22. The summed E-state index contributed by atoms with van der Waals surface area (Å²) in [5, 5.41) is 0. The molecule has 2 atom stereocenters. The van der Waals surface area contributed by atoms with Crippen LogP contribution in [0.25, 0.3) is 0 Å². The first-order valence-electron chi connectivity index (χ1n) is 11.6. The molecule has 0 aliphatic carbocycles. The van der Waals surface area contributed by atoms with Crippen molar-refractivity contribution < 1.29 is 14.3 Å². The van der Waals surface area contributed by atoms with Crippen molar-refractivity contribution >= 4 is 5.97 Å². The van der Waals surface area contributed by atoms with Gasteiger partial charge in [0, 0.05) is 25.2 Å². The highest BCUT2D eigenvalue weighted by atomic mass is 16.6. The van der Waals surface area contributed by atoms with Crippen LogP contribution in [0.1, 0.15) is 86.0 Å². The van der Waals surface area contributed by atoms with Crippen molar-refractivity contribution in [2.75, 3.05) is 39.5 Å². The molecule has 0 N–H and O–H groups in total. The van der Waals surface area contributed by atoms with Crippen molar-refractivity contribution in [3.8, 4) is 0 Å². The van der Waals surface area contributed by atoms with Gasteiger partial charge in [0.2, 0.25) is 0 Å². The van der Waals surface area contributed by atoms with Gasteiger partial charge in [-0.3, -0.25) is 0 Å². The third-order valence-corrected chi connectivity index (χ3v) is 5.48. The molecule has 28 heavy (non-hydrogen) atoms. The molecule has 0 saturated carbocycles. The smallest absolute Gasteiger partial charge is 0.333 e. The SMILES string of the molecule is C=C(C)C(=O)OCCOCCN(CC(CC)CCCC)CC(CC)CCCC. The van der Waals surface area contributed by atoms with Crippen LogP contribution in [0.3, 0.4) is 0 Å². The number of esters is 1. The minimum atomic E-state index is -0.339. The highest BCUT2D eigenvalue weighted by Gasteiger charge is 2.16. The van der Waals surface area contributed by atoms with Gasteiger partial charge in [-0.1, -0.05) is 72.8 Å². The predicted octanol–water partition coefficient (Wildman–Crippen LogP) is 5.86. The Kier molecular flexibility index (Phi) is 17.6. The molecule has 0 spiro atoms. The summed E-state index contributed by atoms with van der Waals surface area (Å²) in [6, 6.07) is 0. The van der Waals surface area contributed by atoms with Gasteiger partial charge in [0.05, 0.1) is 13.2 Å². The molecule has 166 valence electrons. The van der Waals surface area contributed by atoms with Gasteiger partial charge >= 0.3 is 5.97 Å². The maximum atomic E-state index is 11.4. The molecule has 0 radical (unpaired) electrons. The summed E-state index contributed by atoms with van der Waals surface area (Å²) in [7, 11) is 0. The van der Waals surface area contributed by atoms with E-state index < -0.39 is 0 Å². The second-order valence-corrected chi connectivity index (χ2v) is 8.12. The maximum Gasteiger partial charge on any atom is 0.333 e. The quantitative estimate of drug-likeness (QED) is 0.155. The zero-order chi connectivity index (χ0) is 21.2. The van der Waals surface area contributed by atoms with Gasteiger partial charge in [-0.15, -0.1) is 0 Å². The molecule has 0 aliphatic heterocycles. The summed E-state index contributed by atoms with van der Waals surface area (Å²) >= 11 is 0.